The molecule has 0 radical (unpaired) electrons. The van der Waals surface area contributed by atoms with Gasteiger partial charge in [0.1, 0.15) is 6.04 Å². The summed E-state index contributed by atoms with van der Waals surface area (Å²) in [6.07, 6.45) is -3.81. The van der Waals surface area contributed by atoms with Crippen LogP contribution in [0.4, 0.5) is 13.2 Å². The van der Waals surface area contributed by atoms with E-state index in [-0.39, 0.29) is 6.61 Å². The molecule has 3 nitrogen and oxygen atoms in total. The monoisotopic (exact) mass is 289 g/mol. The molecule has 0 unspecified atom stereocenters. The van der Waals surface area contributed by atoms with Crippen LogP contribution < -0.4 is 0 Å². The standard InChI is InChI=1S/C14H18F3NO2/c1-3-7-13(14(15,16)17)18(19)12(10-20-2)11-8-5-4-6-9-11/h3-6,8-9,12-13,19H,1,7,10H2,2H3/t12-,13-/m0/s1. The van der Waals surface area contributed by atoms with Gasteiger partial charge in [0.2, 0.25) is 0 Å². The number of alkyl halides is 3. The van der Waals surface area contributed by atoms with Gasteiger partial charge in [-0.05, 0) is 12.0 Å². The number of halogens is 3. The summed E-state index contributed by atoms with van der Waals surface area (Å²) in [5.74, 6) is 0. The molecular weight excluding hydrogens is 271 g/mol. The summed E-state index contributed by atoms with van der Waals surface area (Å²) < 4.78 is 43.9. The van der Waals surface area contributed by atoms with Gasteiger partial charge >= 0.3 is 6.18 Å². The number of hydrogen-bond acceptors (Lipinski definition) is 3. The van der Waals surface area contributed by atoms with E-state index < -0.39 is 24.7 Å². The number of methoxy groups -OCH3 is 1. The maximum Gasteiger partial charge on any atom is 0.406 e. The van der Waals surface area contributed by atoms with Crippen LogP contribution in [0.2, 0.25) is 0 Å². The second kappa shape index (κ2) is 7.42. The number of hydroxylamine groups is 2. The molecule has 1 aromatic rings. The first-order valence-corrected chi connectivity index (χ1v) is 6.10. The Balaban J connectivity index is 3.03. The maximum absolute atomic E-state index is 13.0. The molecule has 0 fully saturated rings. The number of benzene rings is 1. The van der Waals surface area contributed by atoms with Gasteiger partial charge in [0.15, 0.2) is 0 Å². The summed E-state index contributed by atoms with van der Waals surface area (Å²) in [7, 11) is 1.37. The molecule has 112 valence electrons. The summed E-state index contributed by atoms with van der Waals surface area (Å²) in [5.41, 5.74) is 0.551. The summed E-state index contributed by atoms with van der Waals surface area (Å²) in [6.45, 7) is 3.25. The molecule has 6 heteroatoms. The van der Waals surface area contributed by atoms with Crippen molar-refractivity contribution in [3.8, 4) is 0 Å². The molecule has 0 aromatic heterocycles. The maximum atomic E-state index is 13.0. The van der Waals surface area contributed by atoms with Crippen LogP contribution in [0.1, 0.15) is 18.0 Å². The summed E-state index contributed by atoms with van der Waals surface area (Å²) >= 11 is 0. The highest BCUT2D eigenvalue weighted by Gasteiger charge is 2.45. The van der Waals surface area contributed by atoms with Crippen LogP contribution in [-0.4, -0.2) is 36.2 Å². The van der Waals surface area contributed by atoms with Gasteiger partial charge in [-0.1, -0.05) is 36.4 Å². The normalized spacial score (nSPS) is 15.1. The summed E-state index contributed by atoms with van der Waals surface area (Å²) in [5, 5.41) is 10.3. The second-order valence-electron chi connectivity index (χ2n) is 4.34. The van der Waals surface area contributed by atoms with Crippen LogP contribution in [0, 0.1) is 0 Å². The van der Waals surface area contributed by atoms with E-state index in [9.17, 15) is 18.4 Å². The van der Waals surface area contributed by atoms with Gasteiger partial charge in [0, 0.05) is 7.11 Å². The fourth-order valence-electron chi connectivity index (χ4n) is 1.93. The highest BCUT2D eigenvalue weighted by atomic mass is 19.4. The van der Waals surface area contributed by atoms with E-state index in [4.69, 9.17) is 4.74 Å². The van der Waals surface area contributed by atoms with E-state index in [1.165, 1.54) is 7.11 Å². The van der Waals surface area contributed by atoms with Crippen molar-refractivity contribution in [3.63, 3.8) is 0 Å². The van der Waals surface area contributed by atoms with Crippen molar-refractivity contribution in [2.45, 2.75) is 24.7 Å². The highest BCUT2D eigenvalue weighted by Crippen LogP contribution is 2.32. The first kappa shape index (κ1) is 16.7. The predicted molar refractivity (Wildman–Crippen MR) is 69.3 cm³/mol. The van der Waals surface area contributed by atoms with Gasteiger partial charge < -0.3 is 9.94 Å². The molecule has 0 spiro atoms. The van der Waals surface area contributed by atoms with Crippen molar-refractivity contribution in [2.75, 3.05) is 13.7 Å². The van der Waals surface area contributed by atoms with Gasteiger partial charge in [-0.3, -0.25) is 0 Å². The average Bonchev–Trinajstić information content (AvgIpc) is 2.41. The van der Waals surface area contributed by atoms with E-state index in [0.29, 0.717) is 10.6 Å². The molecule has 2 atom stereocenters. The zero-order valence-corrected chi connectivity index (χ0v) is 11.2. The molecule has 1 N–H and O–H groups in total. The van der Waals surface area contributed by atoms with Crippen molar-refractivity contribution in [1.29, 1.82) is 0 Å². The molecule has 0 amide bonds. The number of nitrogens with zero attached hydrogens (tertiary/aromatic N) is 1. The summed E-state index contributed by atoms with van der Waals surface area (Å²) in [4.78, 5) is 0. The Morgan fingerprint density at radius 1 is 1.35 bits per heavy atom. The Morgan fingerprint density at radius 2 is 1.95 bits per heavy atom. The van der Waals surface area contributed by atoms with E-state index in [1.807, 2.05) is 0 Å². The SMILES string of the molecule is C=CC[C@H](N(O)[C@@H](COC)c1ccccc1)C(F)(F)F. The van der Waals surface area contributed by atoms with Crippen LogP contribution in [0.5, 0.6) is 0 Å². The van der Waals surface area contributed by atoms with Crippen LogP contribution in [0.25, 0.3) is 0 Å². The molecule has 0 saturated heterocycles. The third-order valence-electron chi connectivity index (χ3n) is 2.92. The van der Waals surface area contributed by atoms with E-state index in [1.54, 1.807) is 30.3 Å². The highest BCUT2D eigenvalue weighted by molar-refractivity contribution is 5.19. The average molecular weight is 289 g/mol. The van der Waals surface area contributed by atoms with Gasteiger partial charge in [0.05, 0.1) is 12.6 Å². The lowest BCUT2D eigenvalue weighted by Crippen LogP contribution is -2.46. The molecule has 0 heterocycles. The Morgan fingerprint density at radius 3 is 2.40 bits per heavy atom. The minimum absolute atomic E-state index is 0.0514. The van der Waals surface area contributed by atoms with Crippen molar-refractivity contribution >= 4 is 0 Å². The summed E-state index contributed by atoms with van der Waals surface area (Å²) in [6, 6.07) is 5.53. The van der Waals surface area contributed by atoms with Crippen molar-refractivity contribution in [2.24, 2.45) is 0 Å². The van der Waals surface area contributed by atoms with E-state index in [2.05, 4.69) is 6.58 Å². The lowest BCUT2D eigenvalue weighted by molar-refractivity contribution is -0.270. The number of rotatable bonds is 7. The Hall–Kier alpha value is -1.37. The molecule has 0 aliphatic carbocycles. The van der Waals surface area contributed by atoms with Crippen LogP contribution in [0.3, 0.4) is 0 Å². The van der Waals surface area contributed by atoms with Crippen molar-refractivity contribution < 1.29 is 23.1 Å². The van der Waals surface area contributed by atoms with E-state index >= 15 is 0 Å². The molecule has 0 aliphatic rings. The van der Waals surface area contributed by atoms with Gasteiger partial charge in [-0.15, -0.1) is 6.58 Å². The molecule has 1 aromatic carbocycles. The van der Waals surface area contributed by atoms with Crippen molar-refractivity contribution in [3.05, 3.63) is 48.6 Å². The third kappa shape index (κ3) is 4.33. The largest absolute Gasteiger partial charge is 0.406 e. The van der Waals surface area contributed by atoms with E-state index in [0.717, 1.165) is 6.08 Å². The Bertz CT molecular complexity index is 409. The topological polar surface area (TPSA) is 32.7 Å². The van der Waals surface area contributed by atoms with Crippen LogP contribution >= 0.6 is 0 Å². The Labute approximate surface area is 116 Å². The fourth-order valence-corrected chi connectivity index (χ4v) is 1.93. The Kier molecular flexibility index (Phi) is 6.19. The first-order chi connectivity index (χ1) is 9.41. The lowest BCUT2D eigenvalue weighted by Gasteiger charge is -2.33. The van der Waals surface area contributed by atoms with Gasteiger partial charge in [-0.2, -0.15) is 18.2 Å². The van der Waals surface area contributed by atoms with Crippen LogP contribution in [0.15, 0.2) is 43.0 Å². The molecule has 0 bridgehead atoms. The number of hydrogen-bond donors (Lipinski definition) is 1. The smallest absolute Gasteiger partial charge is 0.383 e. The quantitative estimate of drug-likeness (QED) is 0.615. The molecular formula is C14H18F3NO2. The van der Waals surface area contributed by atoms with Gasteiger partial charge in [-0.25, -0.2) is 0 Å². The number of ether oxygens (including phenoxy) is 1. The zero-order chi connectivity index (χ0) is 15.2. The fraction of sp³-hybridized carbons (Fsp3) is 0.429. The minimum atomic E-state index is -4.55. The predicted octanol–water partition coefficient (Wildman–Crippen LogP) is 3.57. The molecule has 0 aliphatic heterocycles. The van der Waals surface area contributed by atoms with Crippen molar-refractivity contribution in [1.82, 2.24) is 5.06 Å². The zero-order valence-electron chi connectivity index (χ0n) is 11.2. The molecule has 0 saturated carbocycles. The molecule has 20 heavy (non-hydrogen) atoms. The van der Waals surface area contributed by atoms with Crippen LogP contribution in [-0.2, 0) is 4.74 Å². The lowest BCUT2D eigenvalue weighted by atomic mass is 10.0. The molecule has 1 rings (SSSR count). The third-order valence-corrected chi connectivity index (χ3v) is 2.92. The second-order valence-corrected chi connectivity index (χ2v) is 4.34. The van der Waals surface area contributed by atoms with Gasteiger partial charge in [0.25, 0.3) is 0 Å². The first-order valence-electron chi connectivity index (χ1n) is 6.10. The minimum Gasteiger partial charge on any atom is -0.383 e.